The number of aliphatic hydroxyl groups is 1. The average molecular weight is 539 g/mol. The number of ether oxygens (including phenoxy) is 4. The zero-order valence-corrected chi connectivity index (χ0v) is 22.3. The summed E-state index contributed by atoms with van der Waals surface area (Å²) < 4.78 is 21.2. The van der Waals surface area contributed by atoms with E-state index in [0.29, 0.717) is 35.1 Å². The highest BCUT2D eigenvalue weighted by Gasteiger charge is 2.48. The topological polar surface area (TPSA) is 124 Å². The lowest BCUT2D eigenvalue weighted by molar-refractivity contribution is -0.132. The van der Waals surface area contributed by atoms with Crippen LogP contribution in [0.5, 0.6) is 17.2 Å². The molecule has 1 unspecified atom stereocenters. The number of aryl methyl sites for hydroxylation is 1. The first-order valence-electron chi connectivity index (χ1n) is 11.6. The lowest BCUT2D eigenvalue weighted by Gasteiger charge is -2.24. The monoisotopic (exact) mass is 538 g/mol. The summed E-state index contributed by atoms with van der Waals surface area (Å²) in [6.45, 7) is 3.84. The number of thiazole rings is 1. The third kappa shape index (κ3) is 4.68. The van der Waals surface area contributed by atoms with Gasteiger partial charge >= 0.3 is 11.9 Å². The summed E-state index contributed by atoms with van der Waals surface area (Å²) in [5.74, 6) is -1.50. The molecule has 0 spiro atoms. The number of aromatic nitrogens is 1. The van der Waals surface area contributed by atoms with E-state index in [1.807, 2.05) is 6.92 Å². The first kappa shape index (κ1) is 26.7. The second-order valence-corrected chi connectivity index (χ2v) is 9.12. The van der Waals surface area contributed by atoms with Crippen molar-refractivity contribution in [2.45, 2.75) is 19.9 Å². The minimum absolute atomic E-state index is 0.104. The van der Waals surface area contributed by atoms with Gasteiger partial charge in [-0.05, 0) is 43.7 Å². The number of Topliss-reactive ketones (excluding diaryl/α,β-unsaturated/α-hetero) is 1. The van der Waals surface area contributed by atoms with Crippen LogP contribution in [0.2, 0.25) is 0 Å². The van der Waals surface area contributed by atoms with E-state index in [2.05, 4.69) is 4.98 Å². The van der Waals surface area contributed by atoms with Crippen molar-refractivity contribution in [2.24, 2.45) is 0 Å². The molecule has 1 saturated heterocycles. The maximum Gasteiger partial charge on any atom is 0.350 e. The predicted molar refractivity (Wildman–Crippen MR) is 140 cm³/mol. The van der Waals surface area contributed by atoms with Gasteiger partial charge in [0.15, 0.2) is 16.6 Å². The molecule has 0 saturated carbocycles. The van der Waals surface area contributed by atoms with Crippen LogP contribution in [-0.4, -0.2) is 55.7 Å². The summed E-state index contributed by atoms with van der Waals surface area (Å²) in [5.41, 5.74) is 0.939. The Kier molecular flexibility index (Phi) is 7.67. The van der Waals surface area contributed by atoms with Crippen molar-refractivity contribution in [1.82, 2.24) is 4.98 Å². The molecule has 1 atom stereocenters. The number of hydrogen-bond donors (Lipinski definition) is 1. The summed E-state index contributed by atoms with van der Waals surface area (Å²) in [4.78, 5) is 44.9. The standard InChI is InChI=1S/C27H26N2O8S/c1-6-37-18-11-10-15(13-19(18)35-4)21-20(22(30)16-8-7-9-17(12-16)34-3)23(31)25(32)29(21)27-28-14(2)24(38-27)26(33)36-5/h7-13,21,30H,6H2,1-5H3. The molecule has 1 fully saturated rings. The van der Waals surface area contributed by atoms with Gasteiger partial charge in [-0.3, -0.25) is 14.5 Å². The maximum absolute atomic E-state index is 13.4. The van der Waals surface area contributed by atoms with Crippen LogP contribution in [0.15, 0.2) is 48.0 Å². The smallest absolute Gasteiger partial charge is 0.350 e. The highest BCUT2D eigenvalue weighted by Crippen LogP contribution is 2.45. The number of benzene rings is 2. The second kappa shape index (κ2) is 10.9. The van der Waals surface area contributed by atoms with Crippen molar-refractivity contribution in [3.8, 4) is 17.2 Å². The summed E-state index contributed by atoms with van der Waals surface area (Å²) >= 11 is 0.918. The third-order valence-electron chi connectivity index (χ3n) is 5.95. The zero-order chi connectivity index (χ0) is 27.6. The van der Waals surface area contributed by atoms with Crippen molar-refractivity contribution in [3.63, 3.8) is 0 Å². The fourth-order valence-corrected chi connectivity index (χ4v) is 5.18. The van der Waals surface area contributed by atoms with Crippen LogP contribution >= 0.6 is 11.3 Å². The van der Waals surface area contributed by atoms with Gasteiger partial charge in [0.2, 0.25) is 0 Å². The first-order chi connectivity index (χ1) is 18.2. The van der Waals surface area contributed by atoms with E-state index in [-0.39, 0.29) is 26.9 Å². The Morgan fingerprint density at radius 3 is 2.50 bits per heavy atom. The number of esters is 1. The first-order valence-corrected chi connectivity index (χ1v) is 12.4. The van der Waals surface area contributed by atoms with Gasteiger partial charge < -0.3 is 24.1 Å². The van der Waals surface area contributed by atoms with Crippen LogP contribution in [0.25, 0.3) is 5.76 Å². The fourth-order valence-electron chi connectivity index (χ4n) is 4.17. The molecular formula is C27H26N2O8S. The minimum Gasteiger partial charge on any atom is -0.507 e. The molecule has 1 N–H and O–H groups in total. The van der Waals surface area contributed by atoms with E-state index in [1.54, 1.807) is 49.4 Å². The second-order valence-electron chi connectivity index (χ2n) is 8.15. The molecule has 0 aliphatic carbocycles. The molecule has 11 heteroatoms. The van der Waals surface area contributed by atoms with Crippen molar-refractivity contribution in [2.75, 3.05) is 32.8 Å². The summed E-state index contributed by atoms with van der Waals surface area (Å²) in [6.07, 6.45) is 0. The van der Waals surface area contributed by atoms with E-state index in [4.69, 9.17) is 18.9 Å². The van der Waals surface area contributed by atoms with Crippen LogP contribution in [-0.2, 0) is 14.3 Å². The molecule has 1 amide bonds. The number of nitrogens with zero attached hydrogens (tertiary/aromatic N) is 2. The molecule has 2 aromatic carbocycles. The number of rotatable bonds is 8. The van der Waals surface area contributed by atoms with Crippen molar-refractivity contribution < 1.29 is 38.4 Å². The zero-order valence-electron chi connectivity index (χ0n) is 21.4. The van der Waals surface area contributed by atoms with Crippen LogP contribution in [0, 0.1) is 6.92 Å². The predicted octanol–water partition coefficient (Wildman–Crippen LogP) is 4.28. The average Bonchev–Trinajstić information content (AvgIpc) is 3.44. The number of carbonyl (C=O) groups excluding carboxylic acids is 3. The van der Waals surface area contributed by atoms with Crippen LogP contribution in [0.1, 0.15) is 39.5 Å². The van der Waals surface area contributed by atoms with Crippen molar-refractivity contribution in [1.29, 1.82) is 0 Å². The van der Waals surface area contributed by atoms with Gasteiger partial charge in [0.25, 0.3) is 5.78 Å². The number of anilines is 1. The Labute approximate surface area is 223 Å². The Balaban J connectivity index is 1.96. The van der Waals surface area contributed by atoms with E-state index < -0.39 is 23.7 Å². The van der Waals surface area contributed by atoms with Gasteiger partial charge in [-0.15, -0.1) is 0 Å². The molecule has 4 rings (SSSR count). The molecule has 2 heterocycles. The number of hydrogen-bond acceptors (Lipinski definition) is 10. The Morgan fingerprint density at radius 2 is 1.84 bits per heavy atom. The van der Waals surface area contributed by atoms with Crippen molar-refractivity contribution >= 4 is 39.9 Å². The van der Waals surface area contributed by atoms with E-state index >= 15 is 0 Å². The quantitative estimate of drug-likeness (QED) is 0.194. The van der Waals surface area contributed by atoms with E-state index in [1.165, 1.54) is 26.2 Å². The van der Waals surface area contributed by atoms with E-state index in [0.717, 1.165) is 11.3 Å². The third-order valence-corrected chi connectivity index (χ3v) is 7.09. The molecule has 1 aliphatic rings. The number of ketones is 1. The van der Waals surface area contributed by atoms with Gasteiger partial charge in [0.1, 0.15) is 16.4 Å². The lowest BCUT2D eigenvalue weighted by atomic mass is 9.95. The molecule has 38 heavy (non-hydrogen) atoms. The van der Waals surface area contributed by atoms with Gasteiger partial charge in [0, 0.05) is 5.56 Å². The fraction of sp³-hybridized carbons (Fsp3) is 0.259. The number of carbonyl (C=O) groups is 3. The van der Waals surface area contributed by atoms with Crippen LogP contribution in [0.3, 0.4) is 0 Å². The molecule has 1 aromatic heterocycles. The molecule has 10 nitrogen and oxygen atoms in total. The summed E-state index contributed by atoms with van der Waals surface area (Å²) in [5, 5.41) is 11.5. The largest absolute Gasteiger partial charge is 0.507 e. The lowest BCUT2D eigenvalue weighted by Crippen LogP contribution is -2.29. The minimum atomic E-state index is -1.08. The molecule has 0 radical (unpaired) electrons. The van der Waals surface area contributed by atoms with Gasteiger partial charge in [-0.1, -0.05) is 29.5 Å². The Bertz CT molecular complexity index is 1440. The SMILES string of the molecule is CCOc1ccc(C2C(=C(O)c3cccc(OC)c3)C(=O)C(=O)N2c2nc(C)c(C(=O)OC)s2)cc1OC. The molecular weight excluding hydrogens is 512 g/mol. The number of methoxy groups -OCH3 is 3. The van der Waals surface area contributed by atoms with Crippen LogP contribution < -0.4 is 19.1 Å². The molecule has 3 aromatic rings. The normalized spacial score (nSPS) is 16.4. The molecule has 1 aliphatic heterocycles. The van der Waals surface area contributed by atoms with Crippen LogP contribution in [0.4, 0.5) is 5.13 Å². The van der Waals surface area contributed by atoms with E-state index in [9.17, 15) is 19.5 Å². The number of amides is 1. The molecule has 198 valence electrons. The highest BCUT2D eigenvalue weighted by molar-refractivity contribution is 7.17. The summed E-state index contributed by atoms with van der Waals surface area (Å²) in [6, 6.07) is 10.4. The highest BCUT2D eigenvalue weighted by atomic mass is 32.1. The number of aliphatic hydroxyl groups excluding tert-OH is 1. The van der Waals surface area contributed by atoms with Gasteiger partial charge in [0.05, 0.1) is 45.2 Å². The van der Waals surface area contributed by atoms with Gasteiger partial charge in [-0.2, -0.15) is 0 Å². The van der Waals surface area contributed by atoms with Crippen molar-refractivity contribution in [3.05, 3.63) is 69.7 Å². The maximum atomic E-state index is 13.4. The Hall–Kier alpha value is -4.38. The summed E-state index contributed by atoms with van der Waals surface area (Å²) in [7, 11) is 4.20. The molecule has 0 bridgehead atoms. The van der Waals surface area contributed by atoms with Gasteiger partial charge in [-0.25, -0.2) is 9.78 Å². The Morgan fingerprint density at radius 1 is 1.08 bits per heavy atom.